The third-order valence-corrected chi connectivity index (χ3v) is 6.71. The molecule has 9 heteroatoms. The fourth-order valence-electron chi connectivity index (χ4n) is 3.88. The Morgan fingerprint density at radius 2 is 1.84 bits per heavy atom. The fraction of sp³-hybridized carbons (Fsp3) is 0.318. The van der Waals surface area contributed by atoms with E-state index in [9.17, 15) is 9.59 Å². The van der Waals surface area contributed by atoms with E-state index >= 15 is 0 Å². The molecule has 1 fully saturated rings. The molecule has 0 unspecified atom stereocenters. The third-order valence-electron chi connectivity index (χ3n) is 5.58. The van der Waals surface area contributed by atoms with Gasteiger partial charge < -0.3 is 26.2 Å². The molecule has 0 spiro atoms. The summed E-state index contributed by atoms with van der Waals surface area (Å²) in [7, 11) is 3.54. The molecule has 1 aliphatic rings. The number of carbonyl (C=O) groups is 2. The van der Waals surface area contributed by atoms with E-state index in [0.29, 0.717) is 17.0 Å². The number of carbonyl (C=O) groups excluding carboxylic acids is 2. The summed E-state index contributed by atoms with van der Waals surface area (Å²) in [5.41, 5.74) is 15.2. The highest BCUT2D eigenvalue weighted by Crippen LogP contribution is 2.38. The van der Waals surface area contributed by atoms with Gasteiger partial charge in [-0.3, -0.25) is 9.59 Å². The van der Waals surface area contributed by atoms with Gasteiger partial charge in [0.2, 0.25) is 5.91 Å². The number of nitrogen functional groups attached to an aromatic ring is 1. The molecule has 3 heterocycles. The maximum Gasteiger partial charge on any atom is 0.260 e. The molecule has 2 amide bonds. The van der Waals surface area contributed by atoms with E-state index in [2.05, 4.69) is 26.9 Å². The minimum absolute atomic E-state index is 0.0901. The van der Waals surface area contributed by atoms with Crippen LogP contribution >= 0.6 is 11.3 Å². The van der Waals surface area contributed by atoms with Gasteiger partial charge in [-0.1, -0.05) is 12.1 Å². The molecule has 2 aromatic heterocycles. The summed E-state index contributed by atoms with van der Waals surface area (Å²) in [4.78, 5) is 35.4. The summed E-state index contributed by atoms with van der Waals surface area (Å²) in [6.07, 6.45) is 2.14. The second-order valence-corrected chi connectivity index (χ2v) is 8.83. The summed E-state index contributed by atoms with van der Waals surface area (Å²) in [6, 6.07) is 10.1. The Labute approximate surface area is 185 Å². The molecule has 1 aromatic carbocycles. The molecule has 0 atom stereocenters. The number of anilines is 3. The molecule has 3 aromatic rings. The predicted octanol–water partition coefficient (Wildman–Crippen LogP) is 1.93. The van der Waals surface area contributed by atoms with Gasteiger partial charge in [0, 0.05) is 52.2 Å². The Bertz CT molecular complexity index is 1130. The zero-order chi connectivity index (χ0) is 22.1. The number of pyridine rings is 1. The molecule has 31 heavy (non-hydrogen) atoms. The largest absolute Gasteiger partial charge is 0.397 e. The third kappa shape index (κ3) is 4.13. The molecule has 0 bridgehead atoms. The highest BCUT2D eigenvalue weighted by Gasteiger charge is 2.23. The first-order valence-electron chi connectivity index (χ1n) is 10.1. The van der Waals surface area contributed by atoms with Crippen LogP contribution in [0.5, 0.6) is 0 Å². The van der Waals surface area contributed by atoms with Crippen LogP contribution in [-0.4, -0.2) is 62.0 Å². The second-order valence-electron chi connectivity index (χ2n) is 7.83. The number of hydrogen-bond donors (Lipinski definition) is 2. The maximum atomic E-state index is 12.0. The molecule has 0 aliphatic carbocycles. The van der Waals surface area contributed by atoms with Gasteiger partial charge in [-0.25, -0.2) is 4.98 Å². The van der Waals surface area contributed by atoms with Crippen molar-refractivity contribution in [1.82, 2.24) is 9.88 Å². The standard InChI is InChI=1S/C22H26N6O2S/c1-26(2)17(29)13-14-4-3-5-15(12-14)27-8-10-28(11-9-27)16-6-7-25-22-18(16)19(23)20(31-22)21(24)30/h3-7,12H,8-11,13,23H2,1-2H3,(H2,24,30). The number of amides is 2. The number of nitrogens with two attached hydrogens (primary N) is 2. The van der Waals surface area contributed by atoms with E-state index in [1.165, 1.54) is 11.3 Å². The summed E-state index contributed by atoms with van der Waals surface area (Å²) in [6.45, 7) is 3.28. The molecule has 0 radical (unpaired) electrons. The van der Waals surface area contributed by atoms with E-state index in [4.69, 9.17) is 11.5 Å². The van der Waals surface area contributed by atoms with Crippen LogP contribution in [0.3, 0.4) is 0 Å². The topological polar surface area (TPSA) is 109 Å². The first-order valence-corrected chi connectivity index (χ1v) is 10.9. The summed E-state index contributed by atoms with van der Waals surface area (Å²) in [5.74, 6) is -0.434. The van der Waals surface area contributed by atoms with Gasteiger partial charge in [0.25, 0.3) is 5.91 Å². The number of hydrogen-bond acceptors (Lipinski definition) is 7. The lowest BCUT2D eigenvalue weighted by Gasteiger charge is -2.37. The lowest BCUT2D eigenvalue weighted by molar-refractivity contribution is -0.127. The molecular weight excluding hydrogens is 412 g/mol. The lowest BCUT2D eigenvalue weighted by atomic mass is 10.1. The Morgan fingerprint density at radius 3 is 2.52 bits per heavy atom. The summed E-state index contributed by atoms with van der Waals surface area (Å²) in [5, 5.41) is 0.805. The van der Waals surface area contributed by atoms with Gasteiger partial charge in [-0.15, -0.1) is 11.3 Å². The average molecular weight is 439 g/mol. The van der Waals surface area contributed by atoms with Crippen molar-refractivity contribution in [2.24, 2.45) is 5.73 Å². The van der Waals surface area contributed by atoms with Crippen LogP contribution in [0.15, 0.2) is 36.5 Å². The van der Waals surface area contributed by atoms with E-state index in [0.717, 1.165) is 53.3 Å². The lowest BCUT2D eigenvalue weighted by Crippen LogP contribution is -2.46. The first-order chi connectivity index (χ1) is 14.8. The Kier molecular flexibility index (Phi) is 5.69. The average Bonchev–Trinajstić information content (AvgIpc) is 3.11. The predicted molar refractivity (Wildman–Crippen MR) is 126 cm³/mol. The number of likely N-dealkylation sites (N-methyl/N-ethyl adjacent to an activating group) is 1. The number of primary amides is 1. The van der Waals surface area contributed by atoms with Crippen molar-refractivity contribution in [3.05, 3.63) is 47.0 Å². The molecule has 1 aliphatic heterocycles. The highest BCUT2D eigenvalue weighted by molar-refractivity contribution is 7.21. The minimum atomic E-state index is -0.524. The number of piperazine rings is 1. The second kappa shape index (κ2) is 8.43. The number of thiophene rings is 1. The Hall–Kier alpha value is -3.33. The van der Waals surface area contributed by atoms with Gasteiger partial charge >= 0.3 is 0 Å². The molecule has 4 N–H and O–H groups in total. The van der Waals surface area contributed by atoms with Crippen molar-refractivity contribution in [2.75, 3.05) is 55.8 Å². The Balaban J connectivity index is 1.51. The van der Waals surface area contributed by atoms with Crippen LogP contribution in [0, 0.1) is 0 Å². The number of benzene rings is 1. The van der Waals surface area contributed by atoms with Gasteiger partial charge in [-0.05, 0) is 23.8 Å². The number of aromatic nitrogens is 1. The quantitative estimate of drug-likeness (QED) is 0.630. The SMILES string of the molecule is CN(C)C(=O)Cc1cccc(N2CCN(c3ccnc4sc(C(N)=O)c(N)c34)CC2)c1. The molecule has 8 nitrogen and oxygen atoms in total. The molecule has 0 saturated carbocycles. The zero-order valence-corrected chi connectivity index (χ0v) is 18.5. The van der Waals surface area contributed by atoms with Crippen LogP contribution in [-0.2, 0) is 11.2 Å². The highest BCUT2D eigenvalue weighted by atomic mass is 32.1. The van der Waals surface area contributed by atoms with E-state index in [-0.39, 0.29) is 5.91 Å². The normalized spacial score (nSPS) is 14.1. The van der Waals surface area contributed by atoms with Crippen LogP contribution in [0.4, 0.5) is 17.1 Å². The number of fused-ring (bicyclic) bond motifs is 1. The van der Waals surface area contributed by atoms with E-state index in [1.54, 1.807) is 25.2 Å². The molecular formula is C22H26N6O2S. The van der Waals surface area contributed by atoms with Crippen molar-refractivity contribution in [3.63, 3.8) is 0 Å². The van der Waals surface area contributed by atoms with Crippen molar-refractivity contribution < 1.29 is 9.59 Å². The van der Waals surface area contributed by atoms with Crippen LogP contribution < -0.4 is 21.3 Å². The van der Waals surface area contributed by atoms with E-state index in [1.807, 2.05) is 18.2 Å². The van der Waals surface area contributed by atoms with Crippen molar-refractivity contribution in [2.45, 2.75) is 6.42 Å². The van der Waals surface area contributed by atoms with Gasteiger partial charge in [0.1, 0.15) is 9.71 Å². The molecule has 4 rings (SSSR count). The van der Waals surface area contributed by atoms with Gasteiger partial charge in [-0.2, -0.15) is 0 Å². The maximum absolute atomic E-state index is 12.0. The van der Waals surface area contributed by atoms with Crippen LogP contribution in [0.2, 0.25) is 0 Å². The van der Waals surface area contributed by atoms with E-state index < -0.39 is 5.91 Å². The smallest absolute Gasteiger partial charge is 0.260 e. The van der Waals surface area contributed by atoms with Crippen LogP contribution in [0.25, 0.3) is 10.2 Å². The van der Waals surface area contributed by atoms with Gasteiger partial charge in [0.05, 0.1) is 23.2 Å². The minimum Gasteiger partial charge on any atom is -0.397 e. The molecule has 1 saturated heterocycles. The first kappa shape index (κ1) is 20.9. The Morgan fingerprint density at radius 1 is 1.13 bits per heavy atom. The van der Waals surface area contributed by atoms with Crippen molar-refractivity contribution in [1.29, 1.82) is 0 Å². The van der Waals surface area contributed by atoms with Crippen LogP contribution in [0.1, 0.15) is 15.2 Å². The number of rotatable bonds is 5. The fourth-order valence-corrected chi connectivity index (χ4v) is 4.81. The van der Waals surface area contributed by atoms with Crippen molar-refractivity contribution in [3.8, 4) is 0 Å². The molecule has 162 valence electrons. The number of nitrogens with zero attached hydrogens (tertiary/aromatic N) is 4. The van der Waals surface area contributed by atoms with Gasteiger partial charge in [0.15, 0.2) is 0 Å². The summed E-state index contributed by atoms with van der Waals surface area (Å²) < 4.78 is 0. The zero-order valence-electron chi connectivity index (χ0n) is 17.7. The summed E-state index contributed by atoms with van der Waals surface area (Å²) >= 11 is 1.24. The van der Waals surface area contributed by atoms with Crippen molar-refractivity contribution >= 4 is 50.4 Å². The monoisotopic (exact) mass is 438 g/mol.